The molecule has 0 saturated carbocycles. The number of nitrogens with zero attached hydrogens (tertiary/aromatic N) is 3. The molecule has 166 valence electrons. The lowest BCUT2D eigenvalue weighted by molar-refractivity contribution is 0.102. The fourth-order valence-electron chi connectivity index (χ4n) is 3.60. The van der Waals surface area contributed by atoms with E-state index in [0.29, 0.717) is 18.8 Å². The van der Waals surface area contributed by atoms with E-state index in [1.165, 1.54) is 35.6 Å². The summed E-state index contributed by atoms with van der Waals surface area (Å²) >= 11 is 1.26. The minimum Gasteiger partial charge on any atom is -0.324 e. The molecule has 0 atom stereocenters. The summed E-state index contributed by atoms with van der Waals surface area (Å²) in [4.78, 5) is 26.9. The number of anilines is 2. The molecule has 3 aromatic rings. The lowest BCUT2D eigenvalue weighted by Gasteiger charge is -2.31. The highest BCUT2D eigenvalue weighted by molar-refractivity contribution is 7.13. The number of carbonyl (C=O) groups excluding carboxylic acids is 2. The van der Waals surface area contributed by atoms with Gasteiger partial charge in [-0.3, -0.25) is 4.79 Å². The maximum atomic E-state index is 13.0. The predicted octanol–water partition coefficient (Wildman–Crippen LogP) is 4.96. The molecule has 7 nitrogen and oxygen atoms in total. The van der Waals surface area contributed by atoms with E-state index < -0.39 is 0 Å². The van der Waals surface area contributed by atoms with Crippen molar-refractivity contribution < 1.29 is 14.0 Å². The van der Waals surface area contributed by atoms with Gasteiger partial charge in [-0.1, -0.05) is 23.5 Å². The van der Waals surface area contributed by atoms with Gasteiger partial charge in [0.2, 0.25) is 5.01 Å². The average Bonchev–Trinajstić information content (AvgIpc) is 3.28. The molecule has 9 heteroatoms. The Balaban J connectivity index is 1.32. The molecular weight excluding hydrogens is 429 g/mol. The van der Waals surface area contributed by atoms with Crippen molar-refractivity contribution in [3.63, 3.8) is 0 Å². The molecule has 0 aliphatic carbocycles. The number of likely N-dealkylation sites (tertiary alicyclic amines) is 1. The molecule has 0 spiro atoms. The van der Waals surface area contributed by atoms with Crippen molar-refractivity contribution in [1.29, 1.82) is 0 Å². The van der Waals surface area contributed by atoms with E-state index in [-0.39, 0.29) is 28.7 Å². The lowest BCUT2D eigenvalue weighted by atomic mass is 9.98. The standard InChI is InChI=1S/C23H24FN5O2S/c1-14-3-4-15(2)19(13-14)26-23(31)29-11-9-16(10-12-29)21-27-28-22(32-21)20(30)25-18-7-5-17(24)6-8-18/h3-8,13,16H,9-12H2,1-2H3,(H,25,30)(H,26,31). The Kier molecular flexibility index (Phi) is 6.45. The van der Waals surface area contributed by atoms with Crippen LogP contribution in [-0.4, -0.2) is 40.1 Å². The minimum absolute atomic E-state index is 0.103. The molecule has 4 rings (SSSR count). The molecule has 32 heavy (non-hydrogen) atoms. The van der Waals surface area contributed by atoms with Crippen molar-refractivity contribution in [3.8, 4) is 0 Å². The number of carbonyl (C=O) groups is 2. The molecule has 1 saturated heterocycles. The smallest absolute Gasteiger partial charge is 0.321 e. The summed E-state index contributed by atoms with van der Waals surface area (Å²) < 4.78 is 13.0. The molecule has 2 heterocycles. The van der Waals surface area contributed by atoms with E-state index in [1.54, 1.807) is 0 Å². The number of halogens is 1. The molecule has 2 aromatic carbocycles. The number of piperidine rings is 1. The van der Waals surface area contributed by atoms with Crippen LogP contribution in [0.1, 0.15) is 44.7 Å². The fourth-order valence-corrected chi connectivity index (χ4v) is 4.51. The molecular formula is C23H24FN5O2S. The van der Waals surface area contributed by atoms with Gasteiger partial charge < -0.3 is 15.5 Å². The van der Waals surface area contributed by atoms with Crippen molar-refractivity contribution in [2.24, 2.45) is 0 Å². The van der Waals surface area contributed by atoms with Crippen molar-refractivity contribution in [1.82, 2.24) is 15.1 Å². The van der Waals surface area contributed by atoms with E-state index in [2.05, 4.69) is 20.8 Å². The van der Waals surface area contributed by atoms with E-state index in [9.17, 15) is 14.0 Å². The van der Waals surface area contributed by atoms with E-state index >= 15 is 0 Å². The minimum atomic E-state index is -0.370. The number of rotatable bonds is 4. The maximum Gasteiger partial charge on any atom is 0.321 e. The topological polar surface area (TPSA) is 87.2 Å². The molecule has 3 amide bonds. The van der Waals surface area contributed by atoms with Gasteiger partial charge in [0.05, 0.1) is 0 Å². The number of hydrogen-bond donors (Lipinski definition) is 2. The zero-order chi connectivity index (χ0) is 22.7. The molecule has 1 fully saturated rings. The summed E-state index contributed by atoms with van der Waals surface area (Å²) in [7, 11) is 0. The Morgan fingerprint density at radius 2 is 1.75 bits per heavy atom. The van der Waals surface area contributed by atoms with E-state index in [4.69, 9.17) is 0 Å². The molecule has 1 aliphatic heterocycles. The second-order valence-electron chi connectivity index (χ2n) is 7.92. The highest BCUT2D eigenvalue weighted by Crippen LogP contribution is 2.31. The lowest BCUT2D eigenvalue weighted by Crippen LogP contribution is -2.40. The maximum absolute atomic E-state index is 13.0. The van der Waals surface area contributed by atoms with Gasteiger partial charge in [0.15, 0.2) is 0 Å². The average molecular weight is 454 g/mol. The van der Waals surface area contributed by atoms with Gasteiger partial charge in [0.1, 0.15) is 10.8 Å². The summed E-state index contributed by atoms with van der Waals surface area (Å²) in [6.07, 6.45) is 1.52. The molecule has 0 radical (unpaired) electrons. The molecule has 0 unspecified atom stereocenters. The normalized spacial score (nSPS) is 14.3. The number of nitrogens with one attached hydrogen (secondary N) is 2. The Hall–Kier alpha value is -3.33. The van der Waals surface area contributed by atoms with Crippen LogP contribution in [0.3, 0.4) is 0 Å². The number of aromatic nitrogens is 2. The number of amides is 3. The van der Waals surface area contributed by atoms with Crippen molar-refractivity contribution >= 4 is 34.6 Å². The second-order valence-corrected chi connectivity index (χ2v) is 8.93. The van der Waals surface area contributed by atoms with E-state index in [1.807, 2.05) is 36.9 Å². The molecule has 0 bridgehead atoms. The summed E-state index contributed by atoms with van der Waals surface area (Å²) in [5.74, 6) is -0.578. The highest BCUT2D eigenvalue weighted by atomic mass is 32.1. The van der Waals surface area contributed by atoms with Crippen LogP contribution in [0.15, 0.2) is 42.5 Å². The van der Waals surface area contributed by atoms with Crippen LogP contribution >= 0.6 is 11.3 Å². The van der Waals surface area contributed by atoms with Crippen LogP contribution in [0.2, 0.25) is 0 Å². The summed E-state index contributed by atoms with van der Waals surface area (Å²) in [6.45, 7) is 5.19. The molecule has 1 aromatic heterocycles. The van der Waals surface area contributed by atoms with Crippen LogP contribution in [-0.2, 0) is 0 Å². The van der Waals surface area contributed by atoms with Gasteiger partial charge >= 0.3 is 6.03 Å². The highest BCUT2D eigenvalue weighted by Gasteiger charge is 2.27. The van der Waals surface area contributed by atoms with Gasteiger partial charge in [-0.2, -0.15) is 0 Å². The first-order valence-electron chi connectivity index (χ1n) is 10.4. The Bertz CT molecular complexity index is 1120. The second kappa shape index (κ2) is 9.44. The number of urea groups is 1. The zero-order valence-electron chi connectivity index (χ0n) is 17.9. The van der Waals surface area contributed by atoms with Crippen LogP contribution in [0.25, 0.3) is 0 Å². The third-order valence-electron chi connectivity index (χ3n) is 5.50. The quantitative estimate of drug-likeness (QED) is 0.585. The first kappa shape index (κ1) is 21.9. The fraction of sp³-hybridized carbons (Fsp3) is 0.304. The summed E-state index contributed by atoms with van der Waals surface area (Å²) in [5, 5.41) is 15.0. The summed E-state index contributed by atoms with van der Waals surface area (Å²) in [6, 6.07) is 11.4. The SMILES string of the molecule is Cc1ccc(C)c(NC(=O)N2CCC(c3nnc(C(=O)Nc4ccc(F)cc4)s3)CC2)c1. The first-order chi connectivity index (χ1) is 15.4. The molecule has 2 N–H and O–H groups in total. The Morgan fingerprint density at radius 1 is 1.03 bits per heavy atom. The van der Waals surface area contributed by atoms with Crippen LogP contribution in [0.4, 0.5) is 20.6 Å². The largest absolute Gasteiger partial charge is 0.324 e. The Labute approximate surface area is 189 Å². The molecule has 1 aliphatic rings. The van der Waals surface area contributed by atoms with Crippen LogP contribution in [0.5, 0.6) is 0 Å². The third-order valence-corrected chi connectivity index (χ3v) is 6.59. The predicted molar refractivity (Wildman–Crippen MR) is 123 cm³/mol. The number of benzene rings is 2. The van der Waals surface area contributed by atoms with Crippen molar-refractivity contribution in [2.45, 2.75) is 32.6 Å². The van der Waals surface area contributed by atoms with Gasteiger partial charge in [-0.25, -0.2) is 9.18 Å². The van der Waals surface area contributed by atoms with Gasteiger partial charge in [-0.15, -0.1) is 10.2 Å². The van der Waals surface area contributed by atoms with Crippen molar-refractivity contribution in [3.05, 3.63) is 69.4 Å². The van der Waals surface area contributed by atoms with Crippen molar-refractivity contribution in [2.75, 3.05) is 23.7 Å². The number of aryl methyl sites for hydroxylation is 2. The third kappa shape index (κ3) is 5.11. The summed E-state index contributed by atoms with van der Waals surface area (Å²) in [5.41, 5.74) is 3.45. The van der Waals surface area contributed by atoms with Gasteiger partial charge in [0.25, 0.3) is 5.91 Å². The van der Waals surface area contributed by atoms with Crippen LogP contribution < -0.4 is 10.6 Å². The van der Waals surface area contributed by atoms with Gasteiger partial charge in [0, 0.05) is 30.4 Å². The number of hydrogen-bond acceptors (Lipinski definition) is 5. The zero-order valence-corrected chi connectivity index (χ0v) is 18.7. The van der Waals surface area contributed by atoms with E-state index in [0.717, 1.165) is 34.7 Å². The van der Waals surface area contributed by atoms with Crippen LogP contribution in [0, 0.1) is 19.7 Å². The Morgan fingerprint density at radius 3 is 2.47 bits per heavy atom. The first-order valence-corrected chi connectivity index (χ1v) is 11.2. The van der Waals surface area contributed by atoms with Gasteiger partial charge in [-0.05, 0) is 68.1 Å². The monoisotopic (exact) mass is 453 g/mol.